The van der Waals surface area contributed by atoms with E-state index in [0.717, 1.165) is 18.2 Å². The number of nitro benzene ring substituents is 2. The van der Waals surface area contributed by atoms with Crippen LogP contribution >= 0.6 is 0 Å². The molecule has 0 aliphatic heterocycles. The Morgan fingerprint density at radius 2 is 1.73 bits per heavy atom. The van der Waals surface area contributed by atoms with Crippen LogP contribution in [-0.4, -0.2) is 51.3 Å². The third-order valence-corrected chi connectivity index (χ3v) is 6.26. The lowest BCUT2D eigenvalue weighted by molar-refractivity contribution is -0.389. The number of non-ortho nitro benzene ring substituents is 1. The van der Waals surface area contributed by atoms with E-state index >= 15 is 0 Å². The summed E-state index contributed by atoms with van der Waals surface area (Å²) in [6.45, 7) is 9.13. The molecule has 4 amide bonds. The van der Waals surface area contributed by atoms with Crippen LogP contribution in [-0.2, 0) is 14.3 Å². The van der Waals surface area contributed by atoms with Crippen molar-refractivity contribution in [2.75, 3.05) is 6.54 Å². The highest BCUT2D eigenvalue weighted by atomic mass is 16.6. The molecule has 1 aromatic carbocycles. The van der Waals surface area contributed by atoms with Crippen LogP contribution in [0, 0.1) is 32.1 Å². The van der Waals surface area contributed by atoms with Gasteiger partial charge in [0.15, 0.2) is 0 Å². The monoisotopic (exact) mass is 564 g/mol. The van der Waals surface area contributed by atoms with Gasteiger partial charge in [-0.15, -0.1) is 0 Å². The maximum atomic E-state index is 12.9. The van der Waals surface area contributed by atoms with Gasteiger partial charge in [-0.05, 0) is 51.9 Å². The van der Waals surface area contributed by atoms with Gasteiger partial charge in [-0.3, -0.25) is 45.5 Å². The highest BCUT2D eigenvalue weighted by Gasteiger charge is 2.62. The Hall–Kier alpha value is -4.30. The third-order valence-electron chi connectivity index (χ3n) is 6.26. The molecule has 0 spiro atoms. The molecule has 1 aromatic rings. The molecule has 0 heterocycles. The second-order valence-corrected chi connectivity index (χ2v) is 10.9. The highest BCUT2D eigenvalue weighted by Crippen LogP contribution is 2.48. The molecule has 2 atom stereocenters. The minimum Gasteiger partial charge on any atom is -0.444 e. The van der Waals surface area contributed by atoms with Crippen LogP contribution in [0.25, 0.3) is 0 Å². The van der Waals surface area contributed by atoms with E-state index in [-0.39, 0.29) is 24.8 Å². The van der Waals surface area contributed by atoms with Gasteiger partial charge in [-0.1, -0.05) is 20.3 Å². The van der Waals surface area contributed by atoms with E-state index in [0.29, 0.717) is 25.7 Å². The summed E-state index contributed by atoms with van der Waals surface area (Å²) < 4.78 is 5.27. The van der Waals surface area contributed by atoms with Gasteiger partial charge in [-0.2, -0.15) is 0 Å². The maximum Gasteiger partial charge on any atom is 0.408 e. The number of hydrogen-bond acceptors (Lipinski definition) is 9. The predicted octanol–water partition coefficient (Wildman–Crippen LogP) is 2.88. The number of carbonyl (C=O) groups is 4. The van der Waals surface area contributed by atoms with Gasteiger partial charge >= 0.3 is 6.09 Å². The van der Waals surface area contributed by atoms with E-state index in [2.05, 4.69) is 21.5 Å². The number of ether oxygens (including phenoxy) is 1. The Morgan fingerprint density at radius 1 is 1.05 bits per heavy atom. The normalized spacial score (nSPS) is 17.9. The molecule has 1 aliphatic rings. The maximum absolute atomic E-state index is 12.9. The molecule has 1 saturated carbocycles. The third kappa shape index (κ3) is 8.88. The van der Waals surface area contributed by atoms with Crippen molar-refractivity contribution >= 4 is 35.2 Å². The van der Waals surface area contributed by atoms with Crippen LogP contribution in [0.4, 0.5) is 16.2 Å². The van der Waals surface area contributed by atoms with Crippen LogP contribution in [0.1, 0.15) is 77.1 Å². The van der Waals surface area contributed by atoms with Crippen LogP contribution in [0.5, 0.6) is 0 Å². The first-order valence-electron chi connectivity index (χ1n) is 12.9. The van der Waals surface area contributed by atoms with Crippen LogP contribution in [0.2, 0.25) is 0 Å². The van der Waals surface area contributed by atoms with Crippen molar-refractivity contribution in [3.05, 3.63) is 44.0 Å². The minimum absolute atomic E-state index is 0.0741. The van der Waals surface area contributed by atoms with Crippen LogP contribution in [0.3, 0.4) is 0 Å². The zero-order valence-corrected chi connectivity index (χ0v) is 23.2. The summed E-state index contributed by atoms with van der Waals surface area (Å²) in [7, 11) is 0. The first-order valence-corrected chi connectivity index (χ1v) is 12.9. The van der Waals surface area contributed by atoms with Crippen molar-refractivity contribution in [3.63, 3.8) is 0 Å². The SMILES string of the molecule is CC(C)C1C[C@@]1(NC(=O)OC(C)(C)C)C(=O)NNC(=O)CCCCCNC(=O)c1cc([N+](=O)[O-])ccc1[N+](=O)[O-]. The molecule has 0 saturated heterocycles. The Labute approximate surface area is 231 Å². The van der Waals surface area contributed by atoms with Crippen molar-refractivity contribution in [1.29, 1.82) is 0 Å². The molecule has 2 rings (SSSR count). The van der Waals surface area contributed by atoms with Gasteiger partial charge in [0, 0.05) is 31.2 Å². The van der Waals surface area contributed by atoms with E-state index in [9.17, 15) is 39.4 Å². The van der Waals surface area contributed by atoms with E-state index in [1.807, 2.05) is 13.8 Å². The van der Waals surface area contributed by atoms with Crippen molar-refractivity contribution in [1.82, 2.24) is 21.5 Å². The topological polar surface area (TPSA) is 212 Å². The fraction of sp³-hybridized carbons (Fsp3) is 0.600. The van der Waals surface area contributed by atoms with Crippen molar-refractivity contribution in [2.24, 2.45) is 11.8 Å². The number of unbranched alkanes of at least 4 members (excludes halogenated alkanes) is 2. The number of nitrogens with one attached hydrogen (secondary N) is 4. The lowest BCUT2D eigenvalue weighted by Gasteiger charge is -2.24. The lowest BCUT2D eigenvalue weighted by atomic mass is 10.0. The molecule has 220 valence electrons. The highest BCUT2D eigenvalue weighted by molar-refractivity contribution is 5.98. The van der Waals surface area contributed by atoms with Gasteiger partial charge in [0.05, 0.1) is 9.85 Å². The number of nitrogens with zero attached hydrogens (tertiary/aromatic N) is 2. The number of nitro groups is 2. The largest absolute Gasteiger partial charge is 0.444 e. The van der Waals surface area contributed by atoms with E-state index in [4.69, 9.17) is 4.74 Å². The smallest absolute Gasteiger partial charge is 0.408 e. The average Bonchev–Trinajstić information content (AvgIpc) is 3.58. The second kappa shape index (κ2) is 13.2. The number of alkyl carbamates (subject to hydrolysis) is 1. The summed E-state index contributed by atoms with van der Waals surface area (Å²) in [4.78, 5) is 70.2. The molecule has 1 unspecified atom stereocenters. The summed E-state index contributed by atoms with van der Waals surface area (Å²) in [5, 5.41) is 27.2. The Morgan fingerprint density at radius 3 is 2.27 bits per heavy atom. The van der Waals surface area contributed by atoms with E-state index < -0.39 is 61.7 Å². The summed E-state index contributed by atoms with van der Waals surface area (Å²) in [5.41, 5.74) is 1.43. The summed E-state index contributed by atoms with van der Waals surface area (Å²) >= 11 is 0. The average molecular weight is 565 g/mol. The molecule has 15 nitrogen and oxygen atoms in total. The molecule has 15 heteroatoms. The number of hydrogen-bond donors (Lipinski definition) is 4. The zero-order chi connectivity index (χ0) is 30.3. The summed E-state index contributed by atoms with van der Waals surface area (Å²) in [6.07, 6.45) is 1.14. The Balaban J connectivity index is 1.76. The molecule has 0 radical (unpaired) electrons. The van der Waals surface area contributed by atoms with Crippen molar-refractivity contribution in [2.45, 2.75) is 77.9 Å². The van der Waals surface area contributed by atoms with E-state index in [1.165, 1.54) is 0 Å². The fourth-order valence-corrected chi connectivity index (χ4v) is 4.20. The fourth-order valence-electron chi connectivity index (χ4n) is 4.20. The molecule has 40 heavy (non-hydrogen) atoms. The number of carbonyl (C=O) groups excluding carboxylic acids is 4. The van der Waals surface area contributed by atoms with Crippen LogP contribution in [0.15, 0.2) is 18.2 Å². The van der Waals surface area contributed by atoms with Crippen molar-refractivity contribution in [3.8, 4) is 0 Å². The number of benzene rings is 1. The minimum atomic E-state index is -1.17. The molecule has 0 aromatic heterocycles. The standard InChI is InChI=1S/C25H36N6O9/c1-15(2)18-14-25(18,27-23(35)40-24(3,4)5)22(34)29-28-20(32)9-7-6-8-12-26-21(33)17-13-16(30(36)37)10-11-19(17)31(38)39/h10-11,13,15,18H,6-9,12,14H2,1-5H3,(H,26,33)(H,27,35)(H,28,32)(H,29,34)/t18?,25-/m0/s1. The Bertz CT molecular complexity index is 1160. The van der Waals surface area contributed by atoms with Gasteiger partial charge in [-0.25, -0.2) is 4.79 Å². The number of hydrazine groups is 1. The van der Waals surface area contributed by atoms with Gasteiger partial charge in [0.1, 0.15) is 16.7 Å². The van der Waals surface area contributed by atoms with Gasteiger partial charge in [0.2, 0.25) is 5.91 Å². The molecule has 1 aliphatic carbocycles. The quantitative estimate of drug-likeness (QED) is 0.167. The van der Waals surface area contributed by atoms with Crippen molar-refractivity contribution < 1.29 is 33.8 Å². The number of amides is 4. The second-order valence-electron chi connectivity index (χ2n) is 10.9. The molecular formula is C25H36N6O9. The molecule has 4 N–H and O–H groups in total. The molecular weight excluding hydrogens is 528 g/mol. The first-order chi connectivity index (χ1) is 18.6. The summed E-state index contributed by atoms with van der Waals surface area (Å²) in [5.74, 6) is -1.80. The predicted molar refractivity (Wildman–Crippen MR) is 142 cm³/mol. The van der Waals surface area contributed by atoms with E-state index in [1.54, 1.807) is 20.8 Å². The van der Waals surface area contributed by atoms with Gasteiger partial charge in [0.25, 0.3) is 23.2 Å². The lowest BCUT2D eigenvalue weighted by Crippen LogP contribution is -2.56. The number of rotatable bonds is 12. The molecule has 1 fully saturated rings. The zero-order valence-electron chi connectivity index (χ0n) is 23.2. The molecule has 0 bridgehead atoms. The van der Waals surface area contributed by atoms with Crippen LogP contribution < -0.4 is 21.5 Å². The first kappa shape index (κ1) is 31.9. The summed E-state index contributed by atoms with van der Waals surface area (Å²) in [6, 6.07) is 2.71. The van der Waals surface area contributed by atoms with Gasteiger partial charge < -0.3 is 15.4 Å². The Kier molecular flexibility index (Phi) is 10.5.